The van der Waals surface area contributed by atoms with Crippen molar-refractivity contribution in [3.8, 4) is 12.3 Å². The first-order chi connectivity index (χ1) is 8.93. The van der Waals surface area contributed by atoms with Crippen LogP contribution in [-0.2, 0) is 0 Å². The third-order valence-corrected chi connectivity index (χ3v) is 2.95. The summed E-state index contributed by atoms with van der Waals surface area (Å²) in [6, 6.07) is 3.77. The predicted molar refractivity (Wildman–Crippen MR) is 76.2 cm³/mol. The van der Waals surface area contributed by atoms with Gasteiger partial charge in [0, 0.05) is 16.9 Å². The third kappa shape index (κ3) is 4.64. The van der Waals surface area contributed by atoms with E-state index < -0.39 is 12.0 Å². The number of carbonyl (C=O) groups excluding carboxylic acids is 1. The summed E-state index contributed by atoms with van der Waals surface area (Å²) in [5, 5.41) is 14.1. The number of rotatable bonds is 4. The number of anilines is 1. The maximum atomic E-state index is 11.7. The highest BCUT2D eigenvalue weighted by Crippen LogP contribution is 2.23. The third-order valence-electron chi connectivity index (χ3n) is 2.26. The molecule has 1 aromatic rings. The number of halogens is 1. The Morgan fingerprint density at radius 1 is 1.53 bits per heavy atom. The highest BCUT2D eigenvalue weighted by Gasteiger charge is 2.11. The summed E-state index contributed by atoms with van der Waals surface area (Å²) in [7, 11) is 0. The van der Waals surface area contributed by atoms with Crippen molar-refractivity contribution in [2.75, 3.05) is 5.32 Å². The molecule has 0 bridgehead atoms. The number of urea groups is 1. The summed E-state index contributed by atoms with van der Waals surface area (Å²) in [6.07, 6.45) is 5.56. The predicted octanol–water partition coefficient (Wildman–Crippen LogP) is 2.68. The number of hydrogen-bond acceptors (Lipinski definition) is 2. The summed E-state index contributed by atoms with van der Waals surface area (Å²) in [6.45, 7) is 1.78. The molecule has 0 aliphatic carbocycles. The molecule has 1 rings (SSSR count). The second-order valence-corrected chi connectivity index (χ2v) is 4.76. The molecule has 3 N–H and O–H groups in total. The van der Waals surface area contributed by atoms with Gasteiger partial charge in [-0.15, -0.1) is 12.3 Å². The van der Waals surface area contributed by atoms with Gasteiger partial charge in [-0.25, -0.2) is 9.59 Å². The Morgan fingerprint density at radius 2 is 2.21 bits per heavy atom. The highest BCUT2D eigenvalue weighted by atomic mass is 79.9. The number of benzene rings is 1. The number of carboxylic acid groups (broad SMARTS) is 1. The van der Waals surface area contributed by atoms with Gasteiger partial charge in [0.15, 0.2) is 0 Å². The molecule has 0 aliphatic rings. The molecule has 0 heterocycles. The van der Waals surface area contributed by atoms with Gasteiger partial charge in [-0.2, -0.15) is 0 Å². The standard InChI is InChI=1S/C13H13BrN2O3/c1-3-4-8(2)15-13(19)16-11-7-9(12(17)18)5-6-10(11)14/h1,5-8H,4H2,2H3,(H,17,18)(H2,15,16,19). The highest BCUT2D eigenvalue weighted by molar-refractivity contribution is 9.10. The van der Waals surface area contributed by atoms with Crippen molar-refractivity contribution in [2.24, 2.45) is 0 Å². The zero-order valence-corrected chi connectivity index (χ0v) is 11.8. The second kappa shape index (κ2) is 6.81. The molecule has 100 valence electrons. The van der Waals surface area contributed by atoms with Gasteiger partial charge in [-0.3, -0.25) is 0 Å². The molecule has 0 saturated carbocycles. The van der Waals surface area contributed by atoms with Crippen LogP contribution in [0.2, 0.25) is 0 Å². The molecule has 0 spiro atoms. The van der Waals surface area contributed by atoms with Gasteiger partial charge in [0.25, 0.3) is 0 Å². The lowest BCUT2D eigenvalue weighted by Gasteiger charge is -2.13. The van der Waals surface area contributed by atoms with Crippen LogP contribution < -0.4 is 10.6 Å². The molecule has 6 heteroatoms. The molecule has 2 amide bonds. The van der Waals surface area contributed by atoms with Gasteiger partial charge in [-0.1, -0.05) is 0 Å². The van der Waals surface area contributed by atoms with Crippen LogP contribution in [0.1, 0.15) is 23.7 Å². The number of nitrogens with one attached hydrogen (secondary N) is 2. The molecular weight excluding hydrogens is 312 g/mol. The van der Waals surface area contributed by atoms with Crippen LogP contribution in [0.25, 0.3) is 0 Å². The fraction of sp³-hybridized carbons (Fsp3) is 0.231. The summed E-state index contributed by atoms with van der Waals surface area (Å²) in [4.78, 5) is 22.5. The quantitative estimate of drug-likeness (QED) is 0.745. The van der Waals surface area contributed by atoms with E-state index in [1.165, 1.54) is 12.1 Å². The van der Waals surface area contributed by atoms with Crippen molar-refractivity contribution in [1.29, 1.82) is 0 Å². The van der Waals surface area contributed by atoms with E-state index in [1.807, 2.05) is 0 Å². The molecule has 1 unspecified atom stereocenters. The van der Waals surface area contributed by atoms with Crippen molar-refractivity contribution >= 4 is 33.6 Å². The van der Waals surface area contributed by atoms with Gasteiger partial charge >= 0.3 is 12.0 Å². The summed E-state index contributed by atoms with van der Waals surface area (Å²) < 4.78 is 0.595. The normalized spacial score (nSPS) is 11.2. The number of amides is 2. The summed E-state index contributed by atoms with van der Waals surface area (Å²) in [5.74, 6) is 1.38. The Kier molecular flexibility index (Phi) is 5.39. The maximum absolute atomic E-state index is 11.7. The number of terminal acetylenes is 1. The molecular formula is C13H13BrN2O3. The van der Waals surface area contributed by atoms with Gasteiger partial charge < -0.3 is 15.7 Å². The SMILES string of the molecule is C#CCC(C)NC(=O)Nc1cc(C(=O)O)ccc1Br. The van der Waals surface area contributed by atoms with Crippen LogP contribution in [-0.4, -0.2) is 23.1 Å². The van der Waals surface area contributed by atoms with E-state index in [-0.39, 0.29) is 11.6 Å². The van der Waals surface area contributed by atoms with Crippen molar-refractivity contribution in [1.82, 2.24) is 5.32 Å². The lowest BCUT2D eigenvalue weighted by molar-refractivity contribution is 0.0697. The Morgan fingerprint density at radius 3 is 2.79 bits per heavy atom. The molecule has 1 aromatic carbocycles. The first kappa shape index (κ1) is 15.1. The van der Waals surface area contributed by atoms with Crippen LogP contribution in [0.3, 0.4) is 0 Å². The summed E-state index contributed by atoms with van der Waals surface area (Å²) >= 11 is 3.24. The molecule has 19 heavy (non-hydrogen) atoms. The van der Waals surface area contributed by atoms with E-state index in [2.05, 4.69) is 32.5 Å². The Hall–Kier alpha value is -2.00. The molecule has 0 saturated heterocycles. The van der Waals surface area contributed by atoms with Crippen LogP contribution in [0.5, 0.6) is 0 Å². The average molecular weight is 325 g/mol. The number of carbonyl (C=O) groups is 2. The molecule has 0 fully saturated rings. The van der Waals surface area contributed by atoms with E-state index in [9.17, 15) is 9.59 Å². The van der Waals surface area contributed by atoms with Crippen LogP contribution in [0.15, 0.2) is 22.7 Å². The van der Waals surface area contributed by atoms with Crippen molar-refractivity contribution in [3.05, 3.63) is 28.2 Å². The number of aromatic carboxylic acids is 1. The van der Waals surface area contributed by atoms with Crippen molar-refractivity contribution in [3.63, 3.8) is 0 Å². The fourth-order valence-electron chi connectivity index (χ4n) is 1.36. The Balaban J connectivity index is 2.76. The minimum Gasteiger partial charge on any atom is -0.478 e. The topological polar surface area (TPSA) is 78.4 Å². The minimum absolute atomic E-state index is 0.0928. The fourth-order valence-corrected chi connectivity index (χ4v) is 1.71. The van der Waals surface area contributed by atoms with E-state index in [0.717, 1.165) is 0 Å². The van der Waals surface area contributed by atoms with Gasteiger partial charge in [0.1, 0.15) is 0 Å². The first-order valence-corrected chi connectivity index (χ1v) is 6.27. The molecule has 0 aliphatic heterocycles. The van der Waals surface area contributed by atoms with E-state index >= 15 is 0 Å². The van der Waals surface area contributed by atoms with E-state index in [1.54, 1.807) is 13.0 Å². The molecule has 0 radical (unpaired) electrons. The monoisotopic (exact) mass is 324 g/mol. The molecule has 5 nitrogen and oxygen atoms in total. The van der Waals surface area contributed by atoms with Gasteiger partial charge in [0.2, 0.25) is 0 Å². The van der Waals surface area contributed by atoms with Gasteiger partial charge in [0.05, 0.1) is 11.3 Å². The van der Waals surface area contributed by atoms with E-state index in [0.29, 0.717) is 16.6 Å². The van der Waals surface area contributed by atoms with Crippen LogP contribution in [0, 0.1) is 12.3 Å². The Labute approximate surface area is 119 Å². The number of carboxylic acids is 1. The van der Waals surface area contributed by atoms with Crippen LogP contribution in [0.4, 0.5) is 10.5 Å². The zero-order valence-electron chi connectivity index (χ0n) is 10.2. The van der Waals surface area contributed by atoms with E-state index in [4.69, 9.17) is 11.5 Å². The first-order valence-electron chi connectivity index (χ1n) is 5.48. The maximum Gasteiger partial charge on any atom is 0.335 e. The summed E-state index contributed by atoms with van der Waals surface area (Å²) in [5.41, 5.74) is 0.473. The van der Waals surface area contributed by atoms with Crippen LogP contribution >= 0.6 is 15.9 Å². The zero-order chi connectivity index (χ0) is 14.4. The largest absolute Gasteiger partial charge is 0.478 e. The smallest absolute Gasteiger partial charge is 0.335 e. The minimum atomic E-state index is -1.06. The average Bonchev–Trinajstić information content (AvgIpc) is 2.31. The Bertz CT molecular complexity index is 537. The molecule has 0 aromatic heterocycles. The molecule has 1 atom stereocenters. The van der Waals surface area contributed by atoms with Gasteiger partial charge in [-0.05, 0) is 41.1 Å². The van der Waals surface area contributed by atoms with Crippen molar-refractivity contribution in [2.45, 2.75) is 19.4 Å². The lowest BCUT2D eigenvalue weighted by Crippen LogP contribution is -2.35. The second-order valence-electron chi connectivity index (χ2n) is 3.91. The lowest BCUT2D eigenvalue weighted by atomic mass is 10.2. The van der Waals surface area contributed by atoms with Crippen molar-refractivity contribution < 1.29 is 14.7 Å². The number of hydrogen-bond donors (Lipinski definition) is 3.